The second kappa shape index (κ2) is 4.65. The number of rotatable bonds is 4. The Balaban J connectivity index is 5.15. The van der Waals surface area contributed by atoms with Gasteiger partial charge in [0, 0.05) is 5.92 Å². The van der Waals surface area contributed by atoms with Crippen molar-refractivity contribution in [1.82, 2.24) is 0 Å². The Labute approximate surface area is 95.3 Å². The number of carboxylic acid groups (broad SMARTS) is 1. The second-order valence-electron chi connectivity index (χ2n) is 4.70. The highest BCUT2D eigenvalue weighted by Gasteiger charge is 2.48. The van der Waals surface area contributed by atoms with E-state index in [1.807, 2.05) is 0 Å². The van der Waals surface area contributed by atoms with E-state index < -0.39 is 29.0 Å². The van der Waals surface area contributed by atoms with Crippen LogP contribution in [0.3, 0.4) is 0 Å². The van der Waals surface area contributed by atoms with Crippen LogP contribution in [0.5, 0.6) is 0 Å². The average Bonchev–Trinajstić information content (AvgIpc) is 2.11. The molecular formula is C11H19NO4. The van der Waals surface area contributed by atoms with Crippen LogP contribution in [0.2, 0.25) is 0 Å². The fourth-order valence-corrected chi connectivity index (χ4v) is 1.02. The van der Waals surface area contributed by atoms with Crippen molar-refractivity contribution in [3.05, 3.63) is 12.7 Å². The molecule has 0 bridgehead atoms. The summed E-state index contributed by atoms with van der Waals surface area (Å²) in [6.45, 7) is 9.88. The normalized spacial score (nSPS) is 17.1. The molecule has 16 heavy (non-hydrogen) atoms. The predicted molar refractivity (Wildman–Crippen MR) is 59.8 cm³/mol. The monoisotopic (exact) mass is 229 g/mol. The van der Waals surface area contributed by atoms with E-state index in [9.17, 15) is 9.59 Å². The number of nitrogens with two attached hydrogens (primary N) is 1. The van der Waals surface area contributed by atoms with Crippen molar-refractivity contribution < 1.29 is 19.4 Å². The Bertz CT molecular complexity index is 306. The number of hydrogen-bond acceptors (Lipinski definition) is 4. The molecule has 0 heterocycles. The van der Waals surface area contributed by atoms with E-state index in [0.717, 1.165) is 0 Å². The van der Waals surface area contributed by atoms with Crippen LogP contribution in [-0.4, -0.2) is 28.2 Å². The van der Waals surface area contributed by atoms with Gasteiger partial charge in [0.25, 0.3) is 0 Å². The molecule has 0 spiro atoms. The summed E-state index contributed by atoms with van der Waals surface area (Å²) in [5.74, 6) is -3.10. The molecule has 0 saturated heterocycles. The van der Waals surface area contributed by atoms with Gasteiger partial charge in [-0.25, -0.2) is 9.59 Å². The van der Waals surface area contributed by atoms with Crippen molar-refractivity contribution in [2.45, 2.75) is 38.8 Å². The van der Waals surface area contributed by atoms with E-state index in [1.165, 1.54) is 13.0 Å². The van der Waals surface area contributed by atoms with E-state index in [0.29, 0.717) is 0 Å². The molecular weight excluding hydrogens is 210 g/mol. The lowest BCUT2D eigenvalue weighted by Crippen LogP contribution is -2.60. The zero-order valence-electron chi connectivity index (χ0n) is 10.1. The van der Waals surface area contributed by atoms with E-state index in [-0.39, 0.29) is 0 Å². The van der Waals surface area contributed by atoms with Gasteiger partial charge in [0.2, 0.25) is 5.54 Å². The Kier molecular flexibility index (Phi) is 4.26. The highest BCUT2D eigenvalue weighted by Crippen LogP contribution is 2.21. The van der Waals surface area contributed by atoms with Crippen molar-refractivity contribution in [3.63, 3.8) is 0 Å². The minimum absolute atomic E-state index is 0.722. The topological polar surface area (TPSA) is 89.6 Å². The maximum atomic E-state index is 11.7. The zero-order valence-corrected chi connectivity index (χ0v) is 10.1. The van der Waals surface area contributed by atoms with Crippen molar-refractivity contribution in [1.29, 1.82) is 0 Å². The van der Waals surface area contributed by atoms with Gasteiger partial charge in [0.1, 0.15) is 5.60 Å². The highest BCUT2D eigenvalue weighted by molar-refractivity contribution is 6.04. The van der Waals surface area contributed by atoms with Crippen LogP contribution in [0.25, 0.3) is 0 Å². The number of esters is 1. The molecule has 0 radical (unpaired) electrons. The highest BCUT2D eigenvalue weighted by atomic mass is 16.6. The third-order valence-electron chi connectivity index (χ3n) is 2.16. The van der Waals surface area contributed by atoms with Crippen LogP contribution >= 0.6 is 0 Å². The first kappa shape index (κ1) is 14.6. The summed E-state index contributed by atoms with van der Waals surface area (Å²) in [7, 11) is 0. The molecule has 0 aromatic carbocycles. The molecule has 0 aromatic heterocycles. The fourth-order valence-electron chi connectivity index (χ4n) is 1.02. The van der Waals surface area contributed by atoms with E-state index in [2.05, 4.69) is 6.58 Å². The van der Waals surface area contributed by atoms with Gasteiger partial charge in [-0.2, -0.15) is 0 Å². The summed E-state index contributed by atoms with van der Waals surface area (Å²) in [6.07, 6.45) is 1.32. The minimum Gasteiger partial charge on any atom is -0.479 e. The number of aliphatic carboxylic acids is 1. The molecule has 92 valence electrons. The van der Waals surface area contributed by atoms with Gasteiger partial charge < -0.3 is 15.6 Å². The molecule has 0 saturated carbocycles. The van der Waals surface area contributed by atoms with Gasteiger partial charge in [0.05, 0.1) is 0 Å². The van der Waals surface area contributed by atoms with Crippen LogP contribution < -0.4 is 5.73 Å². The SMILES string of the molecule is C=CC(C)[C@@](N)(C(=O)O)C(=O)OC(C)(C)C. The first-order valence-electron chi connectivity index (χ1n) is 4.94. The van der Waals surface area contributed by atoms with E-state index in [4.69, 9.17) is 15.6 Å². The van der Waals surface area contributed by atoms with Gasteiger partial charge >= 0.3 is 11.9 Å². The predicted octanol–water partition coefficient (Wildman–Crippen LogP) is 0.932. The van der Waals surface area contributed by atoms with Crippen LogP contribution in [0, 0.1) is 5.92 Å². The standard InChI is InChI=1S/C11H19NO4/c1-6-7(2)11(12,8(13)14)9(15)16-10(3,4)5/h6-7H,1,12H2,2-5H3,(H,13,14)/t7?,11-/m1/s1. The first-order valence-corrected chi connectivity index (χ1v) is 4.94. The Hall–Kier alpha value is -1.36. The molecule has 0 aliphatic carbocycles. The van der Waals surface area contributed by atoms with Crippen molar-refractivity contribution in [3.8, 4) is 0 Å². The number of ether oxygens (including phenoxy) is 1. The molecule has 0 aliphatic heterocycles. The summed E-state index contributed by atoms with van der Waals surface area (Å²) in [5.41, 5.74) is 2.73. The lowest BCUT2D eigenvalue weighted by atomic mass is 9.86. The minimum atomic E-state index is -2.09. The Morgan fingerprint density at radius 3 is 2.12 bits per heavy atom. The Morgan fingerprint density at radius 2 is 1.88 bits per heavy atom. The van der Waals surface area contributed by atoms with Gasteiger partial charge in [0.15, 0.2) is 0 Å². The van der Waals surface area contributed by atoms with Crippen molar-refractivity contribution in [2.75, 3.05) is 0 Å². The molecule has 1 unspecified atom stereocenters. The van der Waals surface area contributed by atoms with Gasteiger partial charge in [-0.3, -0.25) is 0 Å². The molecule has 0 aromatic rings. The quantitative estimate of drug-likeness (QED) is 0.425. The molecule has 0 fully saturated rings. The maximum Gasteiger partial charge on any atom is 0.338 e. The van der Waals surface area contributed by atoms with Crippen LogP contribution in [0.15, 0.2) is 12.7 Å². The average molecular weight is 229 g/mol. The lowest BCUT2D eigenvalue weighted by Gasteiger charge is -2.30. The molecule has 2 atom stereocenters. The summed E-state index contributed by atoms with van der Waals surface area (Å²) in [6, 6.07) is 0. The van der Waals surface area contributed by atoms with Crippen molar-refractivity contribution in [2.24, 2.45) is 11.7 Å². The molecule has 0 amide bonds. The summed E-state index contributed by atoms with van der Waals surface area (Å²) in [5, 5.41) is 9.03. The van der Waals surface area contributed by atoms with Crippen LogP contribution in [0.4, 0.5) is 0 Å². The molecule has 0 aliphatic rings. The summed E-state index contributed by atoms with van der Waals surface area (Å²) < 4.78 is 4.99. The molecule has 3 N–H and O–H groups in total. The lowest BCUT2D eigenvalue weighted by molar-refractivity contribution is -0.170. The van der Waals surface area contributed by atoms with Gasteiger partial charge in [-0.15, -0.1) is 6.58 Å². The van der Waals surface area contributed by atoms with E-state index >= 15 is 0 Å². The third kappa shape index (κ3) is 3.06. The molecule has 0 rings (SSSR count). The number of carbonyl (C=O) groups excluding carboxylic acids is 1. The third-order valence-corrected chi connectivity index (χ3v) is 2.16. The molecule has 5 nitrogen and oxygen atoms in total. The zero-order chi connectivity index (χ0) is 13.1. The number of carbonyl (C=O) groups is 2. The summed E-state index contributed by atoms with van der Waals surface area (Å²) >= 11 is 0. The largest absolute Gasteiger partial charge is 0.479 e. The van der Waals surface area contributed by atoms with Gasteiger partial charge in [-0.05, 0) is 20.8 Å². The van der Waals surface area contributed by atoms with Gasteiger partial charge in [-0.1, -0.05) is 13.0 Å². The smallest absolute Gasteiger partial charge is 0.338 e. The summed E-state index contributed by atoms with van der Waals surface area (Å²) in [4.78, 5) is 22.8. The first-order chi connectivity index (χ1) is 7.05. The molecule has 5 heteroatoms. The van der Waals surface area contributed by atoms with E-state index in [1.54, 1.807) is 20.8 Å². The Morgan fingerprint density at radius 1 is 1.44 bits per heavy atom. The van der Waals surface area contributed by atoms with Crippen LogP contribution in [0.1, 0.15) is 27.7 Å². The van der Waals surface area contributed by atoms with Crippen molar-refractivity contribution >= 4 is 11.9 Å². The van der Waals surface area contributed by atoms with Crippen LogP contribution in [-0.2, 0) is 14.3 Å². The maximum absolute atomic E-state index is 11.7. The number of carboxylic acids is 1. The second-order valence-corrected chi connectivity index (χ2v) is 4.70. The fraction of sp³-hybridized carbons (Fsp3) is 0.636. The number of hydrogen-bond donors (Lipinski definition) is 2.